The molecule has 0 aliphatic heterocycles. The molecule has 1 aromatic carbocycles. The Balaban J connectivity index is 2.42. The van der Waals surface area contributed by atoms with Crippen molar-refractivity contribution in [1.29, 1.82) is 0 Å². The minimum Gasteiger partial charge on any atom is -0.445 e. The molecule has 0 saturated carbocycles. The van der Waals surface area contributed by atoms with Crippen molar-refractivity contribution >= 4 is 9.84 Å². The lowest BCUT2D eigenvalue weighted by Gasteiger charge is -1.98. The lowest BCUT2D eigenvalue weighted by molar-refractivity contribution is 0.574. The Kier molecular flexibility index (Phi) is 2.32. The van der Waals surface area contributed by atoms with Gasteiger partial charge in [0.15, 0.2) is 9.84 Å². The van der Waals surface area contributed by atoms with Crippen LogP contribution in [0, 0.1) is 6.07 Å². The van der Waals surface area contributed by atoms with Gasteiger partial charge in [0.2, 0.25) is 5.89 Å². The average molecular weight is 222 g/mol. The summed E-state index contributed by atoms with van der Waals surface area (Å²) < 4.78 is 27.4. The third-order valence-corrected chi connectivity index (χ3v) is 2.92. The normalized spacial score (nSPS) is 11.5. The van der Waals surface area contributed by atoms with Gasteiger partial charge in [-0.25, -0.2) is 13.4 Å². The fourth-order valence-electron chi connectivity index (χ4n) is 1.14. The highest BCUT2D eigenvalue weighted by molar-refractivity contribution is 7.90. The minimum atomic E-state index is -3.19. The number of benzene rings is 1. The van der Waals surface area contributed by atoms with E-state index in [9.17, 15) is 8.42 Å². The van der Waals surface area contributed by atoms with E-state index in [0.29, 0.717) is 11.5 Å². The van der Waals surface area contributed by atoms with E-state index < -0.39 is 9.84 Å². The van der Waals surface area contributed by atoms with Gasteiger partial charge in [-0.2, -0.15) is 0 Å². The van der Waals surface area contributed by atoms with Gasteiger partial charge in [0.05, 0.1) is 11.1 Å². The molecule has 0 amide bonds. The summed E-state index contributed by atoms with van der Waals surface area (Å²) in [6.45, 7) is 0. The Morgan fingerprint density at radius 2 is 2.20 bits per heavy atom. The lowest BCUT2D eigenvalue weighted by atomic mass is 10.2. The second kappa shape index (κ2) is 3.51. The topological polar surface area (TPSA) is 60.2 Å². The first-order chi connectivity index (χ1) is 7.07. The molecule has 0 aliphatic carbocycles. The van der Waals surface area contributed by atoms with E-state index in [1.165, 1.54) is 18.5 Å². The van der Waals surface area contributed by atoms with Gasteiger partial charge in [0, 0.05) is 17.9 Å². The molecular formula is C10H8NO3S. The Morgan fingerprint density at radius 1 is 1.40 bits per heavy atom. The number of sulfone groups is 1. The highest BCUT2D eigenvalue weighted by Crippen LogP contribution is 2.18. The van der Waals surface area contributed by atoms with Crippen molar-refractivity contribution in [3.8, 4) is 11.5 Å². The number of hydrogen-bond acceptors (Lipinski definition) is 4. The van der Waals surface area contributed by atoms with Crippen molar-refractivity contribution in [3.05, 3.63) is 36.7 Å². The first-order valence-corrected chi connectivity index (χ1v) is 6.08. The molecule has 5 heteroatoms. The molecule has 0 saturated heterocycles. The van der Waals surface area contributed by atoms with Gasteiger partial charge in [-0.1, -0.05) is 0 Å². The van der Waals surface area contributed by atoms with E-state index >= 15 is 0 Å². The summed E-state index contributed by atoms with van der Waals surface area (Å²) in [7, 11) is -3.19. The summed E-state index contributed by atoms with van der Waals surface area (Å²) in [5.41, 5.74) is 0.701. The standard InChI is InChI=1S/C10H8NO3S/c1-15(12,13)9-4-2-8(3-5-9)10-11-6-7-14-10/h2-4,6-7H,1H3. The van der Waals surface area contributed by atoms with E-state index in [0.717, 1.165) is 6.26 Å². The molecule has 2 aromatic rings. The van der Waals surface area contributed by atoms with E-state index in [1.807, 2.05) is 0 Å². The van der Waals surface area contributed by atoms with Crippen molar-refractivity contribution in [1.82, 2.24) is 4.98 Å². The van der Waals surface area contributed by atoms with Gasteiger partial charge < -0.3 is 4.42 Å². The van der Waals surface area contributed by atoms with Crippen LogP contribution in [0.4, 0.5) is 0 Å². The van der Waals surface area contributed by atoms with Crippen LogP contribution in [-0.2, 0) is 9.84 Å². The second-order valence-electron chi connectivity index (χ2n) is 3.05. The summed E-state index contributed by atoms with van der Waals surface area (Å²) in [5.74, 6) is 0.450. The van der Waals surface area contributed by atoms with Gasteiger partial charge in [0.1, 0.15) is 6.26 Å². The summed E-state index contributed by atoms with van der Waals surface area (Å²) in [6, 6.07) is 7.34. The summed E-state index contributed by atoms with van der Waals surface area (Å²) in [5, 5.41) is 0. The zero-order valence-corrected chi connectivity index (χ0v) is 8.78. The fraction of sp³-hybridized carbons (Fsp3) is 0.100. The van der Waals surface area contributed by atoms with Gasteiger partial charge in [-0.3, -0.25) is 0 Å². The van der Waals surface area contributed by atoms with E-state index in [2.05, 4.69) is 11.1 Å². The third-order valence-electron chi connectivity index (χ3n) is 1.86. The van der Waals surface area contributed by atoms with Crippen LogP contribution in [0.2, 0.25) is 0 Å². The van der Waals surface area contributed by atoms with Crippen molar-refractivity contribution < 1.29 is 12.8 Å². The van der Waals surface area contributed by atoms with Crippen LogP contribution in [0.15, 0.2) is 40.0 Å². The van der Waals surface area contributed by atoms with E-state index in [-0.39, 0.29) is 4.90 Å². The molecule has 0 fully saturated rings. The highest BCUT2D eigenvalue weighted by Gasteiger charge is 2.08. The molecule has 0 spiro atoms. The van der Waals surface area contributed by atoms with Gasteiger partial charge >= 0.3 is 0 Å². The fourth-order valence-corrected chi connectivity index (χ4v) is 1.73. The van der Waals surface area contributed by atoms with Crippen LogP contribution in [0.25, 0.3) is 11.5 Å². The summed E-state index contributed by atoms with van der Waals surface area (Å²) in [6.07, 6.45) is 4.13. The second-order valence-corrected chi connectivity index (χ2v) is 5.04. The molecule has 0 bridgehead atoms. The maximum absolute atomic E-state index is 11.2. The lowest BCUT2D eigenvalue weighted by Crippen LogP contribution is -1.96. The molecule has 0 atom stereocenters. The monoisotopic (exact) mass is 222 g/mol. The van der Waals surface area contributed by atoms with Crippen LogP contribution in [0.1, 0.15) is 0 Å². The molecule has 0 aliphatic rings. The predicted molar refractivity (Wildman–Crippen MR) is 53.9 cm³/mol. The van der Waals surface area contributed by atoms with Crippen LogP contribution < -0.4 is 0 Å². The van der Waals surface area contributed by atoms with Gasteiger partial charge in [-0.05, 0) is 18.2 Å². The SMILES string of the molecule is CS(=O)(=O)c1[c]cc(-c2ncco2)cc1. The average Bonchev–Trinajstić information content (AvgIpc) is 2.69. The summed E-state index contributed by atoms with van der Waals surface area (Å²) in [4.78, 5) is 4.11. The maximum atomic E-state index is 11.2. The zero-order chi connectivity index (χ0) is 10.9. The van der Waals surface area contributed by atoms with Crippen molar-refractivity contribution in [3.63, 3.8) is 0 Å². The van der Waals surface area contributed by atoms with Crippen LogP contribution in [0.3, 0.4) is 0 Å². The molecule has 0 N–H and O–H groups in total. The van der Waals surface area contributed by atoms with Crippen molar-refractivity contribution in [2.24, 2.45) is 0 Å². The van der Waals surface area contributed by atoms with E-state index in [1.54, 1.807) is 12.1 Å². The van der Waals surface area contributed by atoms with Crippen LogP contribution in [-0.4, -0.2) is 19.7 Å². The Bertz CT molecular complexity index is 541. The minimum absolute atomic E-state index is 0.165. The Labute approximate surface area is 87.5 Å². The van der Waals surface area contributed by atoms with Crippen molar-refractivity contribution in [2.45, 2.75) is 4.90 Å². The molecule has 1 heterocycles. The highest BCUT2D eigenvalue weighted by atomic mass is 32.2. The third kappa shape index (κ3) is 2.07. The van der Waals surface area contributed by atoms with Crippen LogP contribution in [0.5, 0.6) is 0 Å². The first-order valence-electron chi connectivity index (χ1n) is 4.19. The number of aromatic nitrogens is 1. The molecular weight excluding hydrogens is 214 g/mol. The molecule has 77 valence electrons. The largest absolute Gasteiger partial charge is 0.445 e. The number of hydrogen-bond donors (Lipinski definition) is 0. The first kappa shape index (κ1) is 9.92. The Hall–Kier alpha value is -1.62. The van der Waals surface area contributed by atoms with Crippen LogP contribution >= 0.6 is 0 Å². The number of nitrogens with zero attached hydrogens (tertiary/aromatic N) is 1. The summed E-state index contributed by atoms with van der Waals surface area (Å²) >= 11 is 0. The number of rotatable bonds is 2. The van der Waals surface area contributed by atoms with Gasteiger partial charge in [0.25, 0.3) is 0 Å². The quantitative estimate of drug-likeness (QED) is 0.773. The molecule has 15 heavy (non-hydrogen) atoms. The van der Waals surface area contributed by atoms with E-state index in [4.69, 9.17) is 4.42 Å². The zero-order valence-electron chi connectivity index (χ0n) is 7.97. The Morgan fingerprint density at radius 3 is 2.67 bits per heavy atom. The number of oxazole rings is 1. The smallest absolute Gasteiger partial charge is 0.225 e. The van der Waals surface area contributed by atoms with Crippen molar-refractivity contribution in [2.75, 3.05) is 6.26 Å². The predicted octanol–water partition coefficient (Wildman–Crippen LogP) is 1.55. The molecule has 1 aromatic heterocycles. The molecule has 1 radical (unpaired) electrons. The molecule has 0 unspecified atom stereocenters. The van der Waals surface area contributed by atoms with Gasteiger partial charge in [-0.15, -0.1) is 0 Å². The molecule has 4 nitrogen and oxygen atoms in total. The maximum Gasteiger partial charge on any atom is 0.225 e. The molecule has 2 rings (SSSR count).